The van der Waals surface area contributed by atoms with Crippen molar-refractivity contribution in [1.82, 2.24) is 4.90 Å². The molecule has 0 atom stereocenters. The van der Waals surface area contributed by atoms with Gasteiger partial charge in [-0.3, -0.25) is 4.79 Å². The van der Waals surface area contributed by atoms with E-state index in [0.29, 0.717) is 18.8 Å². The molecule has 0 fully saturated rings. The molecule has 1 rings (SSSR count). The van der Waals surface area contributed by atoms with Crippen molar-refractivity contribution >= 4 is 5.91 Å². The maximum Gasteiger partial charge on any atom is 0.227 e. The number of likely N-dealkylation sites (N-methyl/N-ethyl adjacent to an activating group) is 1. The van der Waals surface area contributed by atoms with Crippen LogP contribution in [0.1, 0.15) is 12.5 Å². The van der Waals surface area contributed by atoms with Crippen LogP contribution in [0.25, 0.3) is 0 Å². The maximum atomic E-state index is 12.0. The van der Waals surface area contributed by atoms with Gasteiger partial charge in [0.05, 0.1) is 13.0 Å². The molecule has 102 valence electrons. The Morgan fingerprint density at radius 2 is 2.32 bits per heavy atom. The van der Waals surface area contributed by atoms with Gasteiger partial charge in [-0.2, -0.15) is 5.26 Å². The number of aliphatic hydroxyl groups is 1. The molecule has 0 saturated heterocycles. The highest BCUT2D eigenvalue weighted by Crippen LogP contribution is 2.14. The molecule has 0 aliphatic heterocycles. The van der Waals surface area contributed by atoms with E-state index in [2.05, 4.69) is 0 Å². The van der Waals surface area contributed by atoms with Gasteiger partial charge >= 0.3 is 0 Å². The van der Waals surface area contributed by atoms with E-state index in [4.69, 9.17) is 15.1 Å². The van der Waals surface area contributed by atoms with E-state index in [-0.39, 0.29) is 25.5 Å². The Hall–Kier alpha value is -2.06. The number of carbonyl (C=O) groups is 1. The second-order valence-corrected chi connectivity index (χ2v) is 3.97. The van der Waals surface area contributed by atoms with Gasteiger partial charge in [0.1, 0.15) is 11.8 Å². The summed E-state index contributed by atoms with van der Waals surface area (Å²) in [6.45, 7) is 2.75. The van der Waals surface area contributed by atoms with Gasteiger partial charge in [0.25, 0.3) is 0 Å². The molecule has 1 N–H and O–H groups in total. The molecule has 5 heteroatoms. The quantitative estimate of drug-likeness (QED) is 0.794. The summed E-state index contributed by atoms with van der Waals surface area (Å²) in [5.74, 6) is 0.547. The number of aliphatic hydroxyl groups excluding tert-OH is 1. The van der Waals surface area contributed by atoms with Crippen LogP contribution >= 0.6 is 0 Å². The Morgan fingerprint density at radius 3 is 2.95 bits per heavy atom. The molecule has 1 amide bonds. The van der Waals surface area contributed by atoms with Gasteiger partial charge in [-0.1, -0.05) is 12.1 Å². The predicted octanol–water partition coefficient (Wildman–Crippen LogP) is 0.972. The highest BCUT2D eigenvalue weighted by molar-refractivity contribution is 5.78. The number of nitriles is 1. The Bertz CT molecular complexity index is 454. The number of nitrogens with zero attached hydrogens (tertiary/aromatic N) is 2. The summed E-state index contributed by atoms with van der Waals surface area (Å²) < 4.78 is 5.19. The molecule has 0 saturated carbocycles. The van der Waals surface area contributed by atoms with Crippen LogP contribution in [0.15, 0.2) is 24.3 Å². The summed E-state index contributed by atoms with van der Waals surface area (Å²) >= 11 is 0. The van der Waals surface area contributed by atoms with Gasteiger partial charge in [-0.15, -0.1) is 0 Å². The van der Waals surface area contributed by atoms with Crippen molar-refractivity contribution in [2.75, 3.05) is 26.3 Å². The molecule has 0 aliphatic rings. The first-order valence-corrected chi connectivity index (χ1v) is 6.18. The third kappa shape index (κ3) is 4.98. The van der Waals surface area contributed by atoms with E-state index in [9.17, 15) is 4.79 Å². The number of hydrogen-bond donors (Lipinski definition) is 1. The minimum absolute atomic E-state index is 0.0109. The van der Waals surface area contributed by atoms with E-state index in [1.807, 2.05) is 19.1 Å². The largest absolute Gasteiger partial charge is 0.479 e. The minimum Gasteiger partial charge on any atom is -0.479 e. The smallest absolute Gasteiger partial charge is 0.227 e. The molecule has 0 heterocycles. The Kier molecular flexibility index (Phi) is 6.41. The monoisotopic (exact) mass is 262 g/mol. The Balaban J connectivity index is 2.65. The van der Waals surface area contributed by atoms with Crippen molar-refractivity contribution in [2.45, 2.75) is 13.3 Å². The Morgan fingerprint density at radius 1 is 1.53 bits per heavy atom. The van der Waals surface area contributed by atoms with E-state index in [0.717, 1.165) is 5.56 Å². The van der Waals surface area contributed by atoms with Crippen molar-refractivity contribution in [3.05, 3.63) is 29.8 Å². The first-order valence-electron chi connectivity index (χ1n) is 6.18. The average molecular weight is 262 g/mol. The third-order valence-corrected chi connectivity index (χ3v) is 2.66. The summed E-state index contributed by atoms with van der Waals surface area (Å²) in [7, 11) is 0. The fourth-order valence-electron chi connectivity index (χ4n) is 1.73. The number of amides is 1. The summed E-state index contributed by atoms with van der Waals surface area (Å²) in [6, 6.07) is 9.02. The lowest BCUT2D eigenvalue weighted by atomic mass is 10.1. The van der Waals surface area contributed by atoms with Gasteiger partial charge in [0.2, 0.25) is 5.91 Å². The number of rotatable bonds is 7. The molecule has 0 aliphatic carbocycles. The zero-order valence-corrected chi connectivity index (χ0v) is 11.0. The number of carbonyl (C=O) groups excluding carboxylic acids is 1. The SMILES string of the molecule is CCN(CCO)C(=O)Cc1cccc(OCC#N)c1. The maximum absolute atomic E-state index is 12.0. The van der Waals surface area contributed by atoms with Gasteiger partial charge in [0.15, 0.2) is 6.61 Å². The van der Waals surface area contributed by atoms with Crippen molar-refractivity contribution in [3.8, 4) is 11.8 Å². The lowest BCUT2D eigenvalue weighted by molar-refractivity contribution is -0.130. The van der Waals surface area contributed by atoms with Crippen LogP contribution in [-0.4, -0.2) is 42.2 Å². The average Bonchev–Trinajstić information content (AvgIpc) is 2.42. The van der Waals surface area contributed by atoms with Crippen molar-refractivity contribution in [2.24, 2.45) is 0 Å². The third-order valence-electron chi connectivity index (χ3n) is 2.66. The van der Waals surface area contributed by atoms with Crippen molar-refractivity contribution in [1.29, 1.82) is 5.26 Å². The summed E-state index contributed by atoms with van der Waals surface area (Å²) in [6.07, 6.45) is 0.262. The molecule has 1 aromatic rings. The summed E-state index contributed by atoms with van der Waals surface area (Å²) in [4.78, 5) is 13.6. The molecule has 0 bridgehead atoms. The molecular formula is C14H18N2O3. The molecule has 0 unspecified atom stereocenters. The highest BCUT2D eigenvalue weighted by Gasteiger charge is 2.11. The number of hydrogen-bond acceptors (Lipinski definition) is 4. The lowest BCUT2D eigenvalue weighted by Gasteiger charge is -2.19. The second kappa shape index (κ2) is 8.11. The lowest BCUT2D eigenvalue weighted by Crippen LogP contribution is -2.34. The van der Waals surface area contributed by atoms with E-state index in [1.165, 1.54) is 0 Å². The standard InChI is InChI=1S/C14H18N2O3/c1-2-16(7-8-17)14(18)11-12-4-3-5-13(10-12)19-9-6-15/h3-5,10,17H,2,7-9,11H2,1H3. The normalized spacial score (nSPS) is 9.74. The molecule has 19 heavy (non-hydrogen) atoms. The predicted molar refractivity (Wildman–Crippen MR) is 70.6 cm³/mol. The van der Waals surface area contributed by atoms with Crippen LogP contribution in [0.4, 0.5) is 0 Å². The molecule has 0 aromatic heterocycles. The highest BCUT2D eigenvalue weighted by atomic mass is 16.5. The molecule has 5 nitrogen and oxygen atoms in total. The minimum atomic E-state index is -0.0368. The molecule has 0 radical (unpaired) electrons. The number of benzene rings is 1. The molecule has 0 spiro atoms. The van der Waals surface area contributed by atoms with Crippen LogP contribution < -0.4 is 4.74 Å². The second-order valence-electron chi connectivity index (χ2n) is 3.97. The van der Waals surface area contributed by atoms with Crippen LogP contribution in [0.3, 0.4) is 0 Å². The Labute approximate surface area is 113 Å². The first kappa shape index (κ1) is 15.0. The number of ether oxygens (including phenoxy) is 1. The molecular weight excluding hydrogens is 244 g/mol. The first-order chi connectivity index (χ1) is 9.21. The summed E-state index contributed by atoms with van der Waals surface area (Å²) in [5.41, 5.74) is 0.830. The van der Waals surface area contributed by atoms with Crippen molar-refractivity contribution in [3.63, 3.8) is 0 Å². The van der Waals surface area contributed by atoms with Crippen LogP contribution in [0, 0.1) is 11.3 Å². The topological polar surface area (TPSA) is 73.6 Å². The van der Waals surface area contributed by atoms with Crippen LogP contribution in [0.2, 0.25) is 0 Å². The molecule has 1 aromatic carbocycles. The van der Waals surface area contributed by atoms with E-state index >= 15 is 0 Å². The van der Waals surface area contributed by atoms with Gasteiger partial charge < -0.3 is 14.7 Å². The fourth-order valence-corrected chi connectivity index (χ4v) is 1.73. The zero-order chi connectivity index (χ0) is 14.1. The summed E-state index contributed by atoms with van der Waals surface area (Å²) in [5, 5.41) is 17.3. The van der Waals surface area contributed by atoms with Crippen LogP contribution in [0.5, 0.6) is 5.75 Å². The van der Waals surface area contributed by atoms with Crippen LogP contribution in [-0.2, 0) is 11.2 Å². The van der Waals surface area contributed by atoms with Gasteiger partial charge in [-0.25, -0.2) is 0 Å². The van der Waals surface area contributed by atoms with Gasteiger partial charge in [-0.05, 0) is 24.6 Å². The van der Waals surface area contributed by atoms with Gasteiger partial charge in [0, 0.05) is 13.1 Å². The van der Waals surface area contributed by atoms with E-state index in [1.54, 1.807) is 23.1 Å². The van der Waals surface area contributed by atoms with E-state index < -0.39 is 0 Å². The van der Waals surface area contributed by atoms with Crippen molar-refractivity contribution < 1.29 is 14.6 Å². The zero-order valence-electron chi connectivity index (χ0n) is 11.0. The fraction of sp³-hybridized carbons (Fsp3) is 0.429.